The summed E-state index contributed by atoms with van der Waals surface area (Å²) in [6.07, 6.45) is 3.43. The predicted octanol–water partition coefficient (Wildman–Crippen LogP) is 2.36. The van der Waals surface area contributed by atoms with Crippen molar-refractivity contribution in [2.24, 2.45) is 53.3 Å². The van der Waals surface area contributed by atoms with Gasteiger partial charge in [-0.3, -0.25) is 24.0 Å². The zero-order valence-corrected chi connectivity index (χ0v) is 64.7. The number of hydrogen-bond acceptors (Lipinski definition) is 38. The number of carbonyl (C=O) groups is 18. The SMILES string of the molecule is C=C(C)C(=O)OCC(=O)OC12CC3CC(C(=O)O1)C2O3.C=C(C)C(=O)OCC(=O)OC12CC3CC(C1)OC(=O)C(C3)C2.C=C(C)C(=O)OCC(=O)OC1CC2CC1C1C(=O)OCC21.C=C(C)C(=O)OCC(=O)OC1CC2OC1C1C(=O)OCC21.C=C(C)C(=O)OCC(=O)OC1CCOC1=O.C=C(C)C(=O)OCC(=O)OC1COC(=O)C1. The van der Waals surface area contributed by atoms with E-state index in [-0.39, 0.29) is 131 Å². The lowest BCUT2D eigenvalue weighted by atomic mass is 9.65. The van der Waals surface area contributed by atoms with Crippen molar-refractivity contribution < 1.29 is 181 Å². The molecule has 15 fully saturated rings. The highest BCUT2D eigenvalue weighted by atomic mass is 16.8. The largest absolute Gasteiger partial charge is 0.465 e. The van der Waals surface area contributed by atoms with E-state index < -0.39 is 171 Å². The van der Waals surface area contributed by atoms with Gasteiger partial charge in [0.25, 0.3) is 5.79 Å². The monoisotopic (exact) mass is 1640 g/mol. The minimum atomic E-state index is -1.34. The Hall–Kier alpha value is -11.2. The lowest BCUT2D eigenvalue weighted by Gasteiger charge is -2.45. The van der Waals surface area contributed by atoms with Gasteiger partial charge in [0, 0.05) is 76.9 Å². The Labute approximate surface area is 663 Å². The van der Waals surface area contributed by atoms with E-state index in [2.05, 4.69) is 58.4 Å². The van der Waals surface area contributed by atoms with Crippen molar-refractivity contribution in [1.29, 1.82) is 0 Å². The molecule has 0 spiro atoms. The third-order valence-electron chi connectivity index (χ3n) is 20.9. The lowest BCUT2D eigenvalue weighted by Crippen LogP contribution is -2.48. The van der Waals surface area contributed by atoms with Gasteiger partial charge in [0.1, 0.15) is 48.8 Å². The fraction of sp³-hybridized carbons (Fsp3) is 0.615. The fourth-order valence-electron chi connectivity index (χ4n) is 16.0. The zero-order chi connectivity index (χ0) is 84.9. The summed E-state index contributed by atoms with van der Waals surface area (Å²) >= 11 is 0. The average Bonchev–Trinajstić information content (AvgIpc) is 1.48. The molecule has 11 aliphatic heterocycles. The molecular formula is C78H92O38. The normalized spacial score (nSPS) is 31.3. The quantitative estimate of drug-likeness (QED) is 0.0760. The molecule has 0 amide bonds. The van der Waals surface area contributed by atoms with E-state index in [0.29, 0.717) is 69.5 Å². The Kier molecular flexibility index (Phi) is 29.5. The molecule has 38 heteroatoms. The molecule has 20 atom stereocenters. The van der Waals surface area contributed by atoms with Gasteiger partial charge in [-0.05, 0) is 91.9 Å². The summed E-state index contributed by atoms with van der Waals surface area (Å²) in [4.78, 5) is 205. The van der Waals surface area contributed by atoms with Crippen LogP contribution >= 0.6 is 0 Å². The molecule has 10 bridgehead atoms. The lowest BCUT2D eigenvalue weighted by molar-refractivity contribution is -0.224. The maximum absolute atomic E-state index is 12.0. The standard InChI is InChI=1S/C16H20O6.C15H18O6.C14H16O7.C13H14O7.2C10H12O6/c1-9(2)14(18)20-8-13(17)22-16-5-10-3-11(6-16)15(19)21-12(4-10)7-16;1-7(2)14(17)20-6-12(16)21-11-4-8-3-9(11)13-10(8)5-19-15(13)18;1-6(2)13(16)19-5-10(15)20-9-3-8-7-4-18-14(17)11(7)12(9)21-8;1-6(2)11(15)17-5-9(14)19-13-4-7-3-8(10(13)18-7)12(16)20-13;1-6(2)10(13)15-5-9(12)16-7-3-8(11)14-4-7;1-6(2)9(12)15-5-8(11)16-7-3-4-14-10(7)13/h10-12H,1,3-8H2,2H3;8-11,13H,1,3-6H2,2H3;7-9,11-12H,1,3-5H2,2H3;7-8,10H,1,3-5H2,2H3;2*7H,1,3-5H2,2H3. The van der Waals surface area contributed by atoms with E-state index in [1.165, 1.54) is 41.5 Å². The number of rotatable bonds is 24. The molecule has 116 heavy (non-hydrogen) atoms. The Morgan fingerprint density at radius 1 is 0.422 bits per heavy atom. The second-order valence-electron chi connectivity index (χ2n) is 30.3. The van der Waals surface area contributed by atoms with Crippen molar-refractivity contribution in [3.8, 4) is 0 Å². The molecule has 0 N–H and O–H groups in total. The summed E-state index contributed by atoms with van der Waals surface area (Å²) in [6, 6.07) is 0. The summed E-state index contributed by atoms with van der Waals surface area (Å²) < 4.78 is 100. The fourth-order valence-corrected chi connectivity index (χ4v) is 16.0. The molecular weight excluding hydrogens is 1540 g/mol. The van der Waals surface area contributed by atoms with Crippen LogP contribution in [0.3, 0.4) is 0 Å². The van der Waals surface area contributed by atoms with Gasteiger partial charge in [0.15, 0.2) is 39.6 Å². The van der Waals surface area contributed by atoms with E-state index in [9.17, 15) is 86.3 Å². The van der Waals surface area contributed by atoms with Crippen molar-refractivity contribution in [3.05, 3.63) is 72.9 Å². The highest BCUT2D eigenvalue weighted by molar-refractivity contribution is 5.92. The molecule has 4 saturated carbocycles. The minimum absolute atomic E-state index is 0.0418. The molecule has 0 aromatic heterocycles. The number of hydrogen-bond donors (Lipinski definition) is 0. The Morgan fingerprint density at radius 2 is 0.922 bits per heavy atom. The van der Waals surface area contributed by atoms with Crippen LogP contribution in [0.5, 0.6) is 0 Å². The molecule has 15 aliphatic rings. The third kappa shape index (κ3) is 22.7. The minimum Gasteiger partial charge on any atom is -0.465 e. The second-order valence-corrected chi connectivity index (χ2v) is 30.3. The summed E-state index contributed by atoms with van der Waals surface area (Å²) in [5.41, 5.74) is 0.613. The van der Waals surface area contributed by atoms with E-state index in [0.717, 1.165) is 32.1 Å². The van der Waals surface area contributed by atoms with E-state index in [1.54, 1.807) is 0 Å². The van der Waals surface area contributed by atoms with Crippen molar-refractivity contribution >= 4 is 107 Å². The first-order chi connectivity index (χ1) is 54.7. The molecule has 0 radical (unpaired) electrons. The van der Waals surface area contributed by atoms with Gasteiger partial charge in [-0.15, -0.1) is 0 Å². The molecule has 632 valence electrons. The molecule has 11 saturated heterocycles. The highest BCUT2D eigenvalue weighted by Gasteiger charge is 2.70. The summed E-state index contributed by atoms with van der Waals surface area (Å²) in [5, 5.41) is 0. The van der Waals surface area contributed by atoms with E-state index in [4.69, 9.17) is 75.8 Å². The van der Waals surface area contributed by atoms with E-state index in [1.807, 2.05) is 0 Å². The maximum atomic E-state index is 12.0. The van der Waals surface area contributed by atoms with Crippen LogP contribution < -0.4 is 0 Å². The van der Waals surface area contributed by atoms with Crippen LogP contribution in [0, 0.1) is 53.3 Å². The number of ether oxygens (including phenoxy) is 20. The van der Waals surface area contributed by atoms with Crippen molar-refractivity contribution in [2.75, 3.05) is 66.1 Å². The van der Waals surface area contributed by atoms with Gasteiger partial charge >= 0.3 is 107 Å². The van der Waals surface area contributed by atoms with Crippen molar-refractivity contribution in [2.45, 2.75) is 185 Å². The Morgan fingerprint density at radius 3 is 1.43 bits per heavy atom. The molecule has 4 aliphatic carbocycles. The molecule has 38 nitrogen and oxygen atoms in total. The molecule has 15 rings (SSSR count). The first-order valence-corrected chi connectivity index (χ1v) is 37.3. The van der Waals surface area contributed by atoms with Crippen LogP contribution in [-0.2, 0) is 181 Å². The van der Waals surface area contributed by atoms with Crippen LogP contribution in [0.4, 0.5) is 0 Å². The van der Waals surface area contributed by atoms with Gasteiger partial charge in [0.05, 0.1) is 68.5 Å². The summed E-state index contributed by atoms with van der Waals surface area (Å²) in [7, 11) is 0. The van der Waals surface area contributed by atoms with Crippen LogP contribution in [0.1, 0.15) is 119 Å². The van der Waals surface area contributed by atoms with Crippen molar-refractivity contribution in [3.63, 3.8) is 0 Å². The first-order valence-electron chi connectivity index (χ1n) is 37.3. The average molecular weight is 1640 g/mol. The highest BCUT2D eigenvalue weighted by Crippen LogP contribution is 2.57. The molecule has 20 unspecified atom stereocenters. The topological polar surface area (TPSA) is 492 Å². The number of fused-ring (bicyclic) bond motifs is 12. The van der Waals surface area contributed by atoms with Gasteiger partial charge in [-0.1, -0.05) is 39.5 Å². The van der Waals surface area contributed by atoms with Crippen LogP contribution in [0.2, 0.25) is 0 Å². The van der Waals surface area contributed by atoms with Crippen LogP contribution in [0.15, 0.2) is 72.9 Å². The summed E-state index contributed by atoms with van der Waals surface area (Å²) in [6.45, 7) is 27.6. The summed E-state index contributed by atoms with van der Waals surface area (Å²) in [5.74, 6) is -11.2. The Balaban J connectivity index is 0.000000160. The number of carbonyl (C=O) groups excluding carboxylic acids is 18. The molecule has 0 aromatic rings. The number of cyclic esters (lactones) is 4. The molecule has 0 aromatic carbocycles. The third-order valence-corrected chi connectivity index (χ3v) is 20.9. The smallest absolute Gasteiger partial charge is 0.347 e. The number of esters is 18. The van der Waals surface area contributed by atoms with Crippen LogP contribution in [-0.4, -0.2) is 240 Å². The zero-order valence-electron chi connectivity index (χ0n) is 64.7. The first kappa shape index (κ1) is 88.8. The Bertz CT molecular complexity index is 3940. The maximum Gasteiger partial charge on any atom is 0.347 e. The van der Waals surface area contributed by atoms with Gasteiger partial charge in [0.2, 0.25) is 6.10 Å². The second kappa shape index (κ2) is 38.5. The van der Waals surface area contributed by atoms with Gasteiger partial charge in [-0.2, -0.15) is 0 Å². The van der Waals surface area contributed by atoms with Gasteiger partial charge < -0.3 is 94.7 Å². The predicted molar refractivity (Wildman–Crippen MR) is 376 cm³/mol. The van der Waals surface area contributed by atoms with Crippen molar-refractivity contribution in [1.82, 2.24) is 0 Å². The molecule has 11 heterocycles. The van der Waals surface area contributed by atoms with Crippen LogP contribution in [0.25, 0.3) is 0 Å². The van der Waals surface area contributed by atoms with E-state index >= 15 is 0 Å². The van der Waals surface area contributed by atoms with Gasteiger partial charge in [-0.25, -0.2) is 62.3 Å².